The molecular formula is C11H19N5. The van der Waals surface area contributed by atoms with Gasteiger partial charge < -0.3 is 15.5 Å². The van der Waals surface area contributed by atoms with Gasteiger partial charge in [0.05, 0.1) is 0 Å². The Hall–Kier alpha value is -1.20. The summed E-state index contributed by atoms with van der Waals surface area (Å²) >= 11 is 0. The summed E-state index contributed by atoms with van der Waals surface area (Å²) in [6.45, 7) is 4.76. The van der Waals surface area contributed by atoms with Gasteiger partial charge in [-0.1, -0.05) is 0 Å². The van der Waals surface area contributed by atoms with Crippen LogP contribution in [0.15, 0.2) is 12.4 Å². The standard InChI is InChI=1S/C11H19N5/c1-15-3-2-4-16(6-5-15)11-13-8-10(7-12)9-14-11/h8-9H,2-7,12H2,1H3. The molecule has 0 saturated carbocycles. The zero-order chi connectivity index (χ0) is 11.4. The average Bonchev–Trinajstić information content (AvgIpc) is 2.54. The molecule has 0 amide bonds. The highest BCUT2D eigenvalue weighted by Gasteiger charge is 2.14. The molecule has 1 aliphatic rings. The Labute approximate surface area is 96.3 Å². The highest BCUT2D eigenvalue weighted by Crippen LogP contribution is 2.10. The third kappa shape index (κ3) is 2.68. The topological polar surface area (TPSA) is 58.3 Å². The minimum atomic E-state index is 0.503. The van der Waals surface area contributed by atoms with Crippen LogP contribution in [0.3, 0.4) is 0 Å². The largest absolute Gasteiger partial charge is 0.339 e. The van der Waals surface area contributed by atoms with E-state index in [-0.39, 0.29) is 0 Å². The number of likely N-dealkylation sites (N-methyl/N-ethyl adjacent to an activating group) is 1. The summed E-state index contributed by atoms with van der Waals surface area (Å²) in [5.41, 5.74) is 6.50. The van der Waals surface area contributed by atoms with Crippen molar-refractivity contribution in [2.45, 2.75) is 13.0 Å². The molecule has 16 heavy (non-hydrogen) atoms. The van der Waals surface area contributed by atoms with Gasteiger partial charge in [0.15, 0.2) is 0 Å². The third-order valence-corrected chi connectivity index (χ3v) is 2.93. The smallest absolute Gasteiger partial charge is 0.225 e. The minimum absolute atomic E-state index is 0.503. The lowest BCUT2D eigenvalue weighted by Crippen LogP contribution is -2.30. The van der Waals surface area contributed by atoms with Crippen LogP contribution in [0, 0.1) is 0 Å². The number of nitrogens with two attached hydrogens (primary N) is 1. The molecule has 1 fully saturated rings. The van der Waals surface area contributed by atoms with E-state index in [2.05, 4.69) is 26.8 Å². The molecule has 0 aliphatic carbocycles. The molecule has 2 N–H and O–H groups in total. The maximum absolute atomic E-state index is 5.52. The van der Waals surface area contributed by atoms with Crippen molar-refractivity contribution in [1.29, 1.82) is 0 Å². The second-order valence-electron chi connectivity index (χ2n) is 4.24. The fraction of sp³-hybridized carbons (Fsp3) is 0.636. The van der Waals surface area contributed by atoms with Crippen LogP contribution in [-0.4, -0.2) is 48.1 Å². The Bertz CT molecular complexity index is 324. The Morgan fingerprint density at radius 1 is 1.19 bits per heavy atom. The van der Waals surface area contributed by atoms with E-state index in [0.717, 1.165) is 37.7 Å². The van der Waals surface area contributed by atoms with Crippen LogP contribution in [0.5, 0.6) is 0 Å². The van der Waals surface area contributed by atoms with Crippen molar-refractivity contribution in [3.05, 3.63) is 18.0 Å². The van der Waals surface area contributed by atoms with Gasteiger partial charge in [0, 0.05) is 44.1 Å². The van der Waals surface area contributed by atoms with Crippen LogP contribution in [-0.2, 0) is 6.54 Å². The maximum atomic E-state index is 5.52. The quantitative estimate of drug-likeness (QED) is 0.766. The lowest BCUT2D eigenvalue weighted by molar-refractivity contribution is 0.360. The summed E-state index contributed by atoms with van der Waals surface area (Å²) < 4.78 is 0. The minimum Gasteiger partial charge on any atom is -0.339 e. The summed E-state index contributed by atoms with van der Waals surface area (Å²) in [6.07, 6.45) is 4.80. The van der Waals surface area contributed by atoms with E-state index in [1.807, 2.05) is 12.4 Å². The van der Waals surface area contributed by atoms with E-state index in [9.17, 15) is 0 Å². The molecule has 5 nitrogen and oxygen atoms in total. The molecule has 1 saturated heterocycles. The molecule has 2 heterocycles. The molecule has 0 unspecified atom stereocenters. The molecule has 1 aromatic rings. The molecule has 1 aliphatic heterocycles. The average molecular weight is 221 g/mol. The zero-order valence-electron chi connectivity index (χ0n) is 9.76. The first-order valence-corrected chi connectivity index (χ1v) is 5.74. The maximum Gasteiger partial charge on any atom is 0.225 e. The van der Waals surface area contributed by atoms with E-state index >= 15 is 0 Å². The van der Waals surface area contributed by atoms with Crippen molar-refractivity contribution >= 4 is 5.95 Å². The van der Waals surface area contributed by atoms with Crippen molar-refractivity contribution in [3.63, 3.8) is 0 Å². The molecule has 1 aromatic heterocycles. The summed E-state index contributed by atoms with van der Waals surface area (Å²) in [7, 11) is 2.15. The summed E-state index contributed by atoms with van der Waals surface area (Å²) in [5.74, 6) is 0.826. The van der Waals surface area contributed by atoms with E-state index < -0.39 is 0 Å². The van der Waals surface area contributed by atoms with Crippen molar-refractivity contribution < 1.29 is 0 Å². The van der Waals surface area contributed by atoms with Crippen molar-refractivity contribution in [2.24, 2.45) is 5.73 Å². The Balaban J connectivity index is 2.04. The molecule has 0 aromatic carbocycles. The van der Waals surface area contributed by atoms with Gasteiger partial charge in [0.1, 0.15) is 0 Å². The fourth-order valence-electron chi connectivity index (χ4n) is 1.86. The van der Waals surface area contributed by atoms with Crippen molar-refractivity contribution in [3.8, 4) is 0 Å². The van der Waals surface area contributed by atoms with Gasteiger partial charge in [-0.15, -0.1) is 0 Å². The molecular weight excluding hydrogens is 202 g/mol. The van der Waals surface area contributed by atoms with Crippen LogP contribution in [0.25, 0.3) is 0 Å². The first-order chi connectivity index (χ1) is 7.79. The van der Waals surface area contributed by atoms with E-state index in [1.165, 1.54) is 6.42 Å². The SMILES string of the molecule is CN1CCCN(c2ncc(CN)cn2)CC1. The number of hydrogen-bond donors (Lipinski definition) is 1. The number of hydrogen-bond acceptors (Lipinski definition) is 5. The van der Waals surface area contributed by atoms with E-state index in [1.54, 1.807) is 0 Å². The predicted octanol–water partition coefficient (Wildman–Crippen LogP) is 0.0772. The molecule has 0 radical (unpaired) electrons. The van der Waals surface area contributed by atoms with Gasteiger partial charge in [0.25, 0.3) is 0 Å². The predicted molar refractivity (Wildman–Crippen MR) is 64.3 cm³/mol. The molecule has 88 valence electrons. The highest BCUT2D eigenvalue weighted by atomic mass is 15.3. The van der Waals surface area contributed by atoms with Crippen LogP contribution < -0.4 is 10.6 Å². The van der Waals surface area contributed by atoms with Gasteiger partial charge in [-0.05, 0) is 20.0 Å². The fourth-order valence-corrected chi connectivity index (χ4v) is 1.86. The third-order valence-electron chi connectivity index (χ3n) is 2.93. The highest BCUT2D eigenvalue weighted by molar-refractivity contribution is 5.30. The molecule has 5 heteroatoms. The van der Waals surface area contributed by atoms with Crippen molar-refractivity contribution in [2.75, 3.05) is 38.1 Å². The zero-order valence-corrected chi connectivity index (χ0v) is 9.76. The van der Waals surface area contributed by atoms with Gasteiger partial charge in [-0.3, -0.25) is 0 Å². The van der Waals surface area contributed by atoms with Crippen LogP contribution >= 0.6 is 0 Å². The lowest BCUT2D eigenvalue weighted by Gasteiger charge is -2.20. The van der Waals surface area contributed by atoms with Gasteiger partial charge in [-0.25, -0.2) is 9.97 Å². The van der Waals surface area contributed by atoms with Gasteiger partial charge >= 0.3 is 0 Å². The lowest BCUT2D eigenvalue weighted by atomic mass is 10.3. The van der Waals surface area contributed by atoms with Crippen LogP contribution in [0.1, 0.15) is 12.0 Å². The Morgan fingerprint density at radius 3 is 2.62 bits per heavy atom. The van der Waals surface area contributed by atoms with Crippen LogP contribution in [0.4, 0.5) is 5.95 Å². The second-order valence-corrected chi connectivity index (χ2v) is 4.24. The Kier molecular flexibility index (Phi) is 3.69. The summed E-state index contributed by atoms with van der Waals surface area (Å²) in [4.78, 5) is 13.3. The molecule has 2 rings (SSSR count). The summed E-state index contributed by atoms with van der Waals surface area (Å²) in [6, 6.07) is 0. The van der Waals surface area contributed by atoms with Crippen LogP contribution in [0.2, 0.25) is 0 Å². The number of anilines is 1. The number of rotatable bonds is 2. The monoisotopic (exact) mass is 221 g/mol. The Morgan fingerprint density at radius 2 is 1.94 bits per heavy atom. The molecule has 0 spiro atoms. The summed E-state index contributed by atoms with van der Waals surface area (Å²) in [5, 5.41) is 0. The number of aromatic nitrogens is 2. The second kappa shape index (κ2) is 5.23. The van der Waals surface area contributed by atoms with E-state index in [4.69, 9.17) is 5.73 Å². The first-order valence-electron chi connectivity index (χ1n) is 5.74. The van der Waals surface area contributed by atoms with E-state index in [0.29, 0.717) is 6.54 Å². The van der Waals surface area contributed by atoms with Crippen molar-refractivity contribution in [1.82, 2.24) is 14.9 Å². The molecule has 0 bridgehead atoms. The normalized spacial score (nSPS) is 18.5. The molecule has 0 atom stereocenters. The number of nitrogens with zero attached hydrogens (tertiary/aromatic N) is 4. The first kappa shape index (κ1) is 11.3. The van der Waals surface area contributed by atoms with Gasteiger partial charge in [0.2, 0.25) is 5.95 Å². The van der Waals surface area contributed by atoms with Gasteiger partial charge in [-0.2, -0.15) is 0 Å².